The fourth-order valence-corrected chi connectivity index (χ4v) is 5.64. The maximum atomic E-state index is 13.3. The van der Waals surface area contributed by atoms with Gasteiger partial charge >= 0.3 is 11.9 Å². The van der Waals surface area contributed by atoms with Crippen LogP contribution in [0.25, 0.3) is 6.08 Å². The maximum Gasteiger partial charge on any atom is 0.323 e. The van der Waals surface area contributed by atoms with Crippen molar-refractivity contribution in [3.05, 3.63) is 31.9 Å². The van der Waals surface area contributed by atoms with E-state index in [2.05, 4.69) is 0 Å². The van der Waals surface area contributed by atoms with Crippen molar-refractivity contribution in [1.82, 2.24) is 9.47 Å². The Morgan fingerprint density at radius 1 is 1.28 bits per heavy atom. The Balaban J connectivity index is 2.12. The highest BCUT2D eigenvalue weighted by molar-refractivity contribution is 8.26. The van der Waals surface area contributed by atoms with Gasteiger partial charge in [0, 0.05) is 25.2 Å². The van der Waals surface area contributed by atoms with E-state index in [9.17, 15) is 24.4 Å². The number of hydrogen-bond donors (Lipinski definition) is 1. The molecule has 3 rings (SSSR count). The summed E-state index contributed by atoms with van der Waals surface area (Å²) in [6.07, 6.45) is 3.31. The average molecular weight is 533 g/mol. The Bertz CT molecular complexity index is 1220. The van der Waals surface area contributed by atoms with Crippen LogP contribution in [0.3, 0.4) is 0 Å². The highest BCUT2D eigenvalue weighted by Gasteiger charge is 2.35. The number of amides is 1. The molecule has 0 aliphatic carbocycles. The van der Waals surface area contributed by atoms with E-state index in [1.165, 1.54) is 0 Å². The van der Waals surface area contributed by atoms with Gasteiger partial charge in [-0.2, -0.15) is 5.26 Å². The van der Waals surface area contributed by atoms with Crippen molar-refractivity contribution in [2.24, 2.45) is 5.92 Å². The lowest BCUT2D eigenvalue weighted by molar-refractivity contribution is -0.148. The molecular formula is C24H28N4O6S2. The molecule has 12 heteroatoms. The number of anilines is 1. The first-order valence-electron chi connectivity index (χ1n) is 11.7. The van der Waals surface area contributed by atoms with Crippen LogP contribution in [-0.4, -0.2) is 63.0 Å². The van der Waals surface area contributed by atoms with Crippen molar-refractivity contribution in [3.8, 4) is 6.07 Å². The van der Waals surface area contributed by atoms with E-state index >= 15 is 0 Å². The van der Waals surface area contributed by atoms with E-state index in [4.69, 9.17) is 22.1 Å². The molecule has 10 nitrogen and oxygen atoms in total. The van der Waals surface area contributed by atoms with E-state index in [0.29, 0.717) is 62.4 Å². The SMILES string of the molecule is CCCn1c(N2CCC(C(=O)OCC)CC2)c(/C=C2\SC(=S)N(CC(=O)O)C2=O)c(C)c(C#N)c1=O. The molecule has 36 heavy (non-hydrogen) atoms. The van der Waals surface area contributed by atoms with Crippen LogP contribution in [0.2, 0.25) is 0 Å². The fourth-order valence-electron chi connectivity index (χ4n) is 4.41. The van der Waals surface area contributed by atoms with Gasteiger partial charge in [0.2, 0.25) is 0 Å². The van der Waals surface area contributed by atoms with Gasteiger partial charge in [0.05, 0.1) is 17.4 Å². The molecule has 0 spiro atoms. The number of ether oxygens (including phenoxy) is 1. The zero-order valence-corrected chi connectivity index (χ0v) is 22.0. The number of thioether (sulfide) groups is 1. The lowest BCUT2D eigenvalue weighted by atomic mass is 9.95. The molecule has 192 valence electrons. The molecule has 1 amide bonds. The van der Waals surface area contributed by atoms with Gasteiger partial charge in [-0.1, -0.05) is 30.9 Å². The van der Waals surface area contributed by atoms with E-state index in [1.807, 2.05) is 17.9 Å². The van der Waals surface area contributed by atoms with Gasteiger partial charge in [-0.15, -0.1) is 0 Å². The summed E-state index contributed by atoms with van der Waals surface area (Å²) in [4.78, 5) is 52.9. The number of carboxylic acid groups (broad SMARTS) is 1. The minimum absolute atomic E-state index is 0.0131. The Morgan fingerprint density at radius 3 is 2.50 bits per heavy atom. The van der Waals surface area contributed by atoms with E-state index in [-0.39, 0.29) is 26.7 Å². The van der Waals surface area contributed by atoms with Gasteiger partial charge in [0.1, 0.15) is 28.3 Å². The van der Waals surface area contributed by atoms with Crippen molar-refractivity contribution in [2.45, 2.75) is 46.6 Å². The number of carbonyl (C=O) groups excluding carboxylic acids is 2. The van der Waals surface area contributed by atoms with Gasteiger partial charge in [-0.05, 0) is 44.7 Å². The van der Waals surface area contributed by atoms with Gasteiger partial charge in [-0.25, -0.2) is 0 Å². The summed E-state index contributed by atoms with van der Waals surface area (Å²) >= 11 is 6.20. The van der Waals surface area contributed by atoms with Crippen LogP contribution in [0, 0.1) is 24.2 Å². The molecule has 0 atom stereocenters. The predicted octanol–water partition coefficient (Wildman–Crippen LogP) is 2.50. The molecule has 2 aliphatic heterocycles. The van der Waals surface area contributed by atoms with Crippen molar-refractivity contribution in [2.75, 3.05) is 31.1 Å². The van der Waals surface area contributed by atoms with Crippen molar-refractivity contribution in [1.29, 1.82) is 5.26 Å². The summed E-state index contributed by atoms with van der Waals surface area (Å²) in [7, 11) is 0. The molecule has 3 heterocycles. The van der Waals surface area contributed by atoms with E-state index in [0.717, 1.165) is 16.7 Å². The van der Waals surface area contributed by atoms with Crippen LogP contribution in [0.15, 0.2) is 9.70 Å². The van der Waals surface area contributed by atoms with Crippen LogP contribution in [-0.2, 0) is 25.7 Å². The minimum Gasteiger partial charge on any atom is -0.480 e. The number of thiocarbonyl (C=S) groups is 1. The van der Waals surface area contributed by atoms with Crippen LogP contribution >= 0.6 is 24.0 Å². The second-order valence-electron chi connectivity index (χ2n) is 8.48. The number of hydrogen-bond acceptors (Lipinski definition) is 9. The van der Waals surface area contributed by atoms with Gasteiger partial charge in [-0.3, -0.25) is 28.6 Å². The van der Waals surface area contributed by atoms with Crippen LogP contribution < -0.4 is 10.5 Å². The third kappa shape index (κ3) is 5.47. The molecule has 2 saturated heterocycles. The molecular weight excluding hydrogens is 504 g/mol. The topological polar surface area (TPSA) is 133 Å². The number of piperidine rings is 1. The number of aromatic nitrogens is 1. The lowest BCUT2D eigenvalue weighted by Gasteiger charge is -2.35. The summed E-state index contributed by atoms with van der Waals surface area (Å²) in [5, 5.41) is 18.9. The summed E-state index contributed by atoms with van der Waals surface area (Å²) in [5.74, 6) is -1.61. The quantitative estimate of drug-likeness (QED) is 0.302. The molecule has 0 radical (unpaired) electrons. The molecule has 1 aromatic heterocycles. The molecule has 0 bridgehead atoms. The number of carboxylic acids is 1. The average Bonchev–Trinajstić information content (AvgIpc) is 3.10. The van der Waals surface area contributed by atoms with Crippen LogP contribution in [0.4, 0.5) is 5.82 Å². The van der Waals surface area contributed by atoms with Crippen LogP contribution in [0.1, 0.15) is 49.8 Å². The molecule has 0 aromatic carbocycles. The first-order chi connectivity index (χ1) is 17.1. The highest BCUT2D eigenvalue weighted by atomic mass is 32.2. The molecule has 2 fully saturated rings. The minimum atomic E-state index is -1.18. The monoisotopic (exact) mass is 532 g/mol. The third-order valence-electron chi connectivity index (χ3n) is 6.15. The number of esters is 1. The van der Waals surface area contributed by atoms with E-state index < -0.39 is 24.0 Å². The fraction of sp³-hybridized carbons (Fsp3) is 0.500. The lowest BCUT2D eigenvalue weighted by Crippen LogP contribution is -2.41. The van der Waals surface area contributed by atoms with Gasteiger partial charge < -0.3 is 14.7 Å². The van der Waals surface area contributed by atoms with Crippen LogP contribution in [0.5, 0.6) is 0 Å². The number of aliphatic carboxylic acids is 1. The smallest absolute Gasteiger partial charge is 0.323 e. The predicted molar refractivity (Wildman–Crippen MR) is 140 cm³/mol. The highest BCUT2D eigenvalue weighted by Crippen LogP contribution is 2.36. The number of nitrogens with zero attached hydrogens (tertiary/aromatic N) is 4. The normalized spacial score (nSPS) is 17.6. The third-order valence-corrected chi connectivity index (χ3v) is 7.53. The number of pyridine rings is 1. The Hall–Kier alpha value is -3.17. The largest absolute Gasteiger partial charge is 0.480 e. The number of nitriles is 1. The zero-order chi connectivity index (χ0) is 26.6. The second kappa shape index (κ2) is 11.7. The molecule has 0 saturated carbocycles. The summed E-state index contributed by atoms with van der Waals surface area (Å²) in [5.41, 5.74) is 0.543. The zero-order valence-electron chi connectivity index (χ0n) is 20.4. The Labute approximate surface area is 218 Å². The first kappa shape index (κ1) is 27.4. The molecule has 0 unspecified atom stereocenters. The Kier molecular flexibility index (Phi) is 8.92. The summed E-state index contributed by atoms with van der Waals surface area (Å²) < 4.78 is 6.85. The van der Waals surface area contributed by atoms with Gasteiger partial charge in [0.15, 0.2) is 0 Å². The molecule has 1 aromatic rings. The molecule has 1 N–H and O–H groups in total. The number of carbonyl (C=O) groups is 3. The first-order valence-corrected chi connectivity index (χ1v) is 12.9. The summed E-state index contributed by atoms with van der Waals surface area (Å²) in [6.45, 7) is 6.45. The number of rotatable bonds is 8. The summed E-state index contributed by atoms with van der Waals surface area (Å²) in [6, 6.07) is 2.00. The van der Waals surface area contributed by atoms with E-state index in [1.54, 1.807) is 24.5 Å². The van der Waals surface area contributed by atoms with Crippen molar-refractivity contribution >= 4 is 58.0 Å². The van der Waals surface area contributed by atoms with Crippen molar-refractivity contribution < 1.29 is 24.2 Å². The Morgan fingerprint density at radius 2 is 1.94 bits per heavy atom. The molecule has 2 aliphatic rings. The standard InChI is InChI=1S/C24H28N4O6S2/c1-4-8-27-20(26-9-6-15(7-10-26)23(33)34-5-2)16(14(3)17(12-25)21(27)31)11-18-22(32)28(13-19(29)30)24(35)36-18/h11,15H,4-10,13H2,1-3H3,(H,29,30)/b18-11-. The second-order valence-corrected chi connectivity index (χ2v) is 10.2. The van der Waals surface area contributed by atoms with Crippen molar-refractivity contribution in [3.63, 3.8) is 0 Å². The van der Waals surface area contributed by atoms with Gasteiger partial charge in [0.25, 0.3) is 11.5 Å². The maximum absolute atomic E-state index is 13.3.